The Balaban J connectivity index is 2.12. The molecule has 0 radical (unpaired) electrons. The molecular formula is C11H16NO+. The highest BCUT2D eigenvalue weighted by molar-refractivity contribution is 5.29. The summed E-state index contributed by atoms with van der Waals surface area (Å²) in [6.45, 7) is 0.970. The van der Waals surface area contributed by atoms with Crippen LogP contribution in [-0.2, 0) is 4.74 Å². The number of methoxy groups -OCH3 is 1. The second kappa shape index (κ2) is 3.48. The summed E-state index contributed by atoms with van der Waals surface area (Å²) < 4.78 is 5.39. The van der Waals surface area contributed by atoms with E-state index in [4.69, 9.17) is 4.74 Å². The lowest BCUT2D eigenvalue weighted by molar-refractivity contribution is -0.373. The first-order valence-electron chi connectivity index (χ1n) is 4.75. The van der Waals surface area contributed by atoms with Gasteiger partial charge in [-0.05, 0) is 5.56 Å². The molecule has 0 bridgehead atoms. The Morgan fingerprint density at radius 2 is 2.00 bits per heavy atom. The average molecular weight is 178 g/mol. The second-order valence-corrected chi connectivity index (χ2v) is 3.59. The van der Waals surface area contributed by atoms with E-state index in [1.165, 1.54) is 5.56 Å². The second-order valence-electron chi connectivity index (χ2n) is 3.59. The summed E-state index contributed by atoms with van der Waals surface area (Å²) in [5, 5.41) is 0. The first-order chi connectivity index (χ1) is 6.38. The Kier molecular flexibility index (Phi) is 2.34. The largest absolute Gasteiger partial charge is 0.380 e. The summed E-state index contributed by atoms with van der Waals surface area (Å²) >= 11 is 0. The van der Waals surface area contributed by atoms with Crippen LogP contribution in [0.2, 0.25) is 0 Å². The molecule has 1 aromatic rings. The Bertz CT molecular complexity index is 263. The van der Waals surface area contributed by atoms with Gasteiger partial charge in [-0.15, -0.1) is 0 Å². The smallest absolute Gasteiger partial charge is 0.0800 e. The summed E-state index contributed by atoms with van der Waals surface area (Å²) in [6.07, 6.45) is 0.403. The third kappa shape index (κ3) is 1.47. The average Bonchev–Trinajstić information content (AvgIpc) is 2.92. The van der Waals surface area contributed by atoms with Gasteiger partial charge in [0.05, 0.1) is 12.6 Å². The molecule has 1 fully saturated rings. The van der Waals surface area contributed by atoms with E-state index in [1.807, 2.05) is 6.07 Å². The lowest BCUT2D eigenvalue weighted by atomic mass is 10.1. The zero-order valence-electron chi connectivity index (χ0n) is 7.94. The Labute approximate surface area is 78.7 Å². The van der Waals surface area contributed by atoms with Gasteiger partial charge in [0.1, 0.15) is 0 Å². The van der Waals surface area contributed by atoms with Gasteiger partial charge in [-0.3, -0.25) is 0 Å². The van der Waals surface area contributed by atoms with Crippen molar-refractivity contribution < 1.29 is 10.5 Å². The molecule has 0 spiro atoms. The number of hydrogen-bond donors (Lipinski definition) is 1. The van der Waals surface area contributed by atoms with E-state index >= 15 is 0 Å². The van der Waals surface area contributed by atoms with Crippen LogP contribution in [0.5, 0.6) is 0 Å². The molecule has 1 aliphatic rings. The van der Waals surface area contributed by atoms with Gasteiger partial charge >= 0.3 is 0 Å². The first kappa shape index (κ1) is 8.73. The molecule has 3 N–H and O–H groups in total. The molecule has 0 saturated heterocycles. The van der Waals surface area contributed by atoms with E-state index in [0.717, 1.165) is 6.54 Å². The van der Waals surface area contributed by atoms with Crippen LogP contribution in [0, 0.1) is 5.92 Å². The molecule has 0 unspecified atom stereocenters. The molecule has 2 nitrogen and oxygen atoms in total. The number of benzene rings is 1. The third-order valence-corrected chi connectivity index (χ3v) is 2.89. The van der Waals surface area contributed by atoms with E-state index in [1.54, 1.807) is 7.11 Å². The molecule has 70 valence electrons. The third-order valence-electron chi connectivity index (χ3n) is 2.89. The molecule has 1 aliphatic carbocycles. The van der Waals surface area contributed by atoms with E-state index in [9.17, 15) is 0 Å². The molecule has 13 heavy (non-hydrogen) atoms. The van der Waals surface area contributed by atoms with Gasteiger partial charge in [-0.1, -0.05) is 30.3 Å². The van der Waals surface area contributed by atoms with Crippen molar-refractivity contribution in [2.45, 2.75) is 12.0 Å². The van der Waals surface area contributed by atoms with Gasteiger partial charge in [-0.25, -0.2) is 0 Å². The fourth-order valence-corrected chi connectivity index (χ4v) is 2.12. The predicted octanol–water partition coefficient (Wildman–Crippen LogP) is 0.657. The van der Waals surface area contributed by atoms with E-state index < -0.39 is 0 Å². The minimum absolute atomic E-state index is 0.403. The summed E-state index contributed by atoms with van der Waals surface area (Å²) in [5.74, 6) is 1.22. The Hall–Kier alpha value is -0.860. The van der Waals surface area contributed by atoms with E-state index in [2.05, 4.69) is 30.0 Å². The first-order valence-corrected chi connectivity index (χ1v) is 4.75. The standard InChI is InChI=1S/C11H15NO/c1-13-11-9(7-12)10(11)8-5-3-2-4-6-8/h2-6,9-11H,7,12H2,1H3/p+1/t9-,10-,11+/m1/s1. The fourth-order valence-electron chi connectivity index (χ4n) is 2.12. The van der Waals surface area contributed by atoms with Crippen molar-refractivity contribution in [3.8, 4) is 0 Å². The molecular weight excluding hydrogens is 162 g/mol. The maximum Gasteiger partial charge on any atom is 0.0800 e. The molecule has 0 aromatic heterocycles. The molecule has 0 aliphatic heterocycles. The van der Waals surface area contributed by atoms with Crippen molar-refractivity contribution in [3.05, 3.63) is 35.9 Å². The van der Waals surface area contributed by atoms with Crippen LogP contribution in [0.15, 0.2) is 30.3 Å². The molecule has 1 saturated carbocycles. The quantitative estimate of drug-likeness (QED) is 0.725. The lowest BCUT2D eigenvalue weighted by Gasteiger charge is -1.96. The fraction of sp³-hybridized carbons (Fsp3) is 0.455. The summed E-state index contributed by atoms with van der Waals surface area (Å²) in [5.41, 5.74) is 5.33. The number of hydrogen-bond acceptors (Lipinski definition) is 1. The topological polar surface area (TPSA) is 36.9 Å². The summed E-state index contributed by atoms with van der Waals surface area (Å²) in [4.78, 5) is 0. The van der Waals surface area contributed by atoms with Gasteiger partial charge in [0.2, 0.25) is 0 Å². The minimum atomic E-state index is 0.403. The predicted molar refractivity (Wildman–Crippen MR) is 51.2 cm³/mol. The number of ether oxygens (including phenoxy) is 1. The Morgan fingerprint density at radius 3 is 2.46 bits per heavy atom. The van der Waals surface area contributed by atoms with Crippen LogP contribution in [-0.4, -0.2) is 19.8 Å². The van der Waals surface area contributed by atoms with Crippen molar-refractivity contribution in [1.29, 1.82) is 0 Å². The maximum absolute atomic E-state index is 5.39. The monoisotopic (exact) mass is 178 g/mol. The number of quaternary nitrogens is 1. The van der Waals surface area contributed by atoms with Crippen molar-refractivity contribution in [2.75, 3.05) is 13.7 Å². The normalized spacial score (nSPS) is 31.7. The zero-order chi connectivity index (χ0) is 9.26. The molecule has 2 heteroatoms. The minimum Gasteiger partial charge on any atom is -0.380 e. The summed E-state index contributed by atoms with van der Waals surface area (Å²) in [7, 11) is 1.79. The van der Waals surface area contributed by atoms with Crippen LogP contribution >= 0.6 is 0 Å². The number of rotatable bonds is 3. The van der Waals surface area contributed by atoms with E-state index in [-0.39, 0.29) is 0 Å². The summed E-state index contributed by atoms with van der Waals surface area (Å²) in [6, 6.07) is 10.6. The van der Waals surface area contributed by atoms with Gasteiger partial charge in [0.15, 0.2) is 0 Å². The molecule has 0 heterocycles. The lowest BCUT2D eigenvalue weighted by Crippen LogP contribution is -2.52. The van der Waals surface area contributed by atoms with Gasteiger partial charge in [0.25, 0.3) is 0 Å². The van der Waals surface area contributed by atoms with Crippen molar-refractivity contribution in [1.82, 2.24) is 0 Å². The van der Waals surface area contributed by atoms with Crippen LogP contribution in [0.25, 0.3) is 0 Å². The van der Waals surface area contributed by atoms with Crippen LogP contribution in [0.1, 0.15) is 11.5 Å². The molecule has 1 aromatic carbocycles. The highest BCUT2D eigenvalue weighted by Gasteiger charge is 2.51. The van der Waals surface area contributed by atoms with Gasteiger partial charge in [-0.2, -0.15) is 0 Å². The highest BCUT2D eigenvalue weighted by atomic mass is 16.5. The van der Waals surface area contributed by atoms with Crippen molar-refractivity contribution in [2.24, 2.45) is 5.92 Å². The van der Waals surface area contributed by atoms with E-state index in [0.29, 0.717) is 17.9 Å². The van der Waals surface area contributed by atoms with Gasteiger partial charge < -0.3 is 10.5 Å². The zero-order valence-corrected chi connectivity index (χ0v) is 7.94. The SMILES string of the molecule is CO[C@H]1[C@H](C[NH3+])[C@H]1c1ccccc1. The molecule has 0 amide bonds. The van der Waals surface area contributed by atoms with Gasteiger partial charge in [0, 0.05) is 18.9 Å². The van der Waals surface area contributed by atoms with Crippen LogP contribution in [0.3, 0.4) is 0 Å². The maximum atomic E-state index is 5.39. The van der Waals surface area contributed by atoms with Crippen molar-refractivity contribution >= 4 is 0 Å². The van der Waals surface area contributed by atoms with Crippen LogP contribution < -0.4 is 5.73 Å². The highest BCUT2D eigenvalue weighted by Crippen LogP contribution is 2.48. The van der Waals surface area contributed by atoms with Crippen molar-refractivity contribution in [3.63, 3.8) is 0 Å². The molecule has 2 rings (SSSR count). The molecule has 3 atom stereocenters. The van der Waals surface area contributed by atoms with Crippen LogP contribution in [0.4, 0.5) is 0 Å². The Morgan fingerprint density at radius 1 is 1.31 bits per heavy atom.